The van der Waals surface area contributed by atoms with Crippen molar-refractivity contribution in [1.29, 1.82) is 0 Å². The minimum atomic E-state index is -0.420. The van der Waals surface area contributed by atoms with Gasteiger partial charge >= 0.3 is 6.03 Å². The molecule has 6 heteroatoms. The number of carbonyl (C=O) groups excluding carboxylic acids is 1. The maximum atomic E-state index is 12.1. The quantitative estimate of drug-likeness (QED) is 0.493. The number of carbonyl (C=O) groups is 1. The zero-order valence-corrected chi connectivity index (χ0v) is 11.1. The van der Waals surface area contributed by atoms with Gasteiger partial charge in [0.1, 0.15) is 0 Å². The van der Waals surface area contributed by atoms with Crippen LogP contribution in [0.25, 0.3) is 10.1 Å². The fourth-order valence-corrected chi connectivity index (χ4v) is 2.72. The van der Waals surface area contributed by atoms with Crippen LogP contribution in [0.15, 0.2) is 41.7 Å². The van der Waals surface area contributed by atoms with Crippen LogP contribution in [0.5, 0.6) is 0 Å². The molecule has 1 aromatic heterocycles. The highest BCUT2D eigenvalue weighted by Gasteiger charge is 2.18. The standard InChI is InChI=1S/C12H11ClN2O2S/c1-2-7-14(8-13)12(17)15-11(16)9-5-3-4-6-10(9)18-15/h2-6H,1,7-8H2. The molecule has 4 nitrogen and oxygen atoms in total. The van der Waals surface area contributed by atoms with Gasteiger partial charge in [0.05, 0.1) is 16.1 Å². The first-order chi connectivity index (χ1) is 8.69. The molecule has 18 heavy (non-hydrogen) atoms. The Bertz CT molecular complexity index is 647. The van der Waals surface area contributed by atoms with Crippen molar-refractivity contribution in [2.45, 2.75) is 0 Å². The average molecular weight is 283 g/mol. The summed E-state index contributed by atoms with van der Waals surface area (Å²) in [4.78, 5) is 25.5. The molecule has 0 atom stereocenters. The lowest BCUT2D eigenvalue weighted by Gasteiger charge is -2.16. The van der Waals surface area contributed by atoms with Gasteiger partial charge in [-0.25, -0.2) is 4.79 Å². The summed E-state index contributed by atoms with van der Waals surface area (Å²) in [6, 6.07) is 6.71. The van der Waals surface area contributed by atoms with E-state index in [-0.39, 0.29) is 11.6 Å². The van der Waals surface area contributed by atoms with Gasteiger partial charge < -0.3 is 4.90 Å². The minimum Gasteiger partial charge on any atom is -0.306 e. The molecule has 0 aliphatic carbocycles. The molecule has 0 saturated heterocycles. The smallest absolute Gasteiger partial charge is 0.306 e. The summed E-state index contributed by atoms with van der Waals surface area (Å²) < 4.78 is 1.90. The third kappa shape index (κ3) is 2.19. The first kappa shape index (κ1) is 12.9. The molecule has 0 radical (unpaired) electrons. The largest absolute Gasteiger partial charge is 0.342 e. The number of hydrogen-bond acceptors (Lipinski definition) is 3. The molecule has 0 bridgehead atoms. The average Bonchev–Trinajstić information content (AvgIpc) is 2.73. The van der Waals surface area contributed by atoms with E-state index in [1.54, 1.807) is 18.2 Å². The molecule has 0 fully saturated rings. The van der Waals surface area contributed by atoms with Gasteiger partial charge in [-0.2, -0.15) is 3.96 Å². The molecule has 0 unspecified atom stereocenters. The van der Waals surface area contributed by atoms with Crippen LogP contribution in [-0.4, -0.2) is 27.4 Å². The summed E-state index contributed by atoms with van der Waals surface area (Å²) in [5, 5.41) is 0.545. The van der Waals surface area contributed by atoms with Crippen LogP contribution in [0.3, 0.4) is 0 Å². The SMILES string of the molecule is C=CCN(CCl)C(=O)n1sc2ccccc2c1=O. The summed E-state index contributed by atoms with van der Waals surface area (Å²) >= 11 is 6.81. The van der Waals surface area contributed by atoms with E-state index in [2.05, 4.69) is 6.58 Å². The van der Waals surface area contributed by atoms with Gasteiger partial charge in [0.15, 0.2) is 0 Å². The predicted molar refractivity (Wildman–Crippen MR) is 74.5 cm³/mol. The van der Waals surface area contributed by atoms with E-state index < -0.39 is 6.03 Å². The number of rotatable bonds is 3. The van der Waals surface area contributed by atoms with Gasteiger partial charge in [-0.3, -0.25) is 4.79 Å². The van der Waals surface area contributed by atoms with Crippen LogP contribution < -0.4 is 5.56 Å². The Hall–Kier alpha value is -1.59. The number of alkyl halides is 1. The number of benzene rings is 1. The van der Waals surface area contributed by atoms with Crippen LogP contribution in [-0.2, 0) is 0 Å². The fraction of sp³-hybridized carbons (Fsp3) is 0.167. The second-order valence-electron chi connectivity index (χ2n) is 3.60. The van der Waals surface area contributed by atoms with Crippen LogP contribution >= 0.6 is 23.1 Å². The van der Waals surface area contributed by atoms with Crippen molar-refractivity contribution in [2.75, 3.05) is 12.5 Å². The van der Waals surface area contributed by atoms with E-state index in [1.165, 1.54) is 4.90 Å². The van der Waals surface area contributed by atoms with E-state index in [1.807, 2.05) is 12.1 Å². The maximum Gasteiger partial charge on any atom is 0.342 e. The Labute approximate surface area is 113 Å². The number of nitrogens with zero attached hydrogens (tertiary/aromatic N) is 2. The monoisotopic (exact) mass is 282 g/mol. The van der Waals surface area contributed by atoms with Crippen molar-refractivity contribution in [3.8, 4) is 0 Å². The first-order valence-corrected chi connectivity index (χ1v) is 6.57. The van der Waals surface area contributed by atoms with E-state index in [9.17, 15) is 9.59 Å². The molecule has 0 aliphatic heterocycles. The van der Waals surface area contributed by atoms with E-state index in [0.29, 0.717) is 11.9 Å². The molecule has 1 aromatic carbocycles. The number of fused-ring (bicyclic) bond motifs is 1. The fourth-order valence-electron chi connectivity index (χ4n) is 1.56. The second-order valence-corrected chi connectivity index (χ2v) is 4.83. The van der Waals surface area contributed by atoms with E-state index >= 15 is 0 Å². The lowest BCUT2D eigenvalue weighted by molar-refractivity contribution is 0.214. The van der Waals surface area contributed by atoms with Gasteiger partial charge in [0.2, 0.25) is 0 Å². The highest BCUT2D eigenvalue weighted by atomic mass is 35.5. The molecule has 1 heterocycles. The molecular weight excluding hydrogens is 272 g/mol. The normalized spacial score (nSPS) is 10.5. The molecule has 0 aliphatic rings. The molecule has 0 spiro atoms. The van der Waals surface area contributed by atoms with Crippen molar-refractivity contribution in [2.24, 2.45) is 0 Å². The Morgan fingerprint density at radius 3 is 2.83 bits per heavy atom. The van der Waals surface area contributed by atoms with Crippen molar-refractivity contribution < 1.29 is 4.79 Å². The van der Waals surface area contributed by atoms with Gasteiger partial charge in [-0.1, -0.05) is 18.2 Å². The summed E-state index contributed by atoms with van der Waals surface area (Å²) in [6.45, 7) is 3.86. The highest BCUT2D eigenvalue weighted by molar-refractivity contribution is 7.14. The third-order valence-electron chi connectivity index (χ3n) is 2.43. The van der Waals surface area contributed by atoms with Crippen LogP contribution in [0.4, 0.5) is 4.79 Å². The highest BCUT2D eigenvalue weighted by Crippen LogP contribution is 2.16. The van der Waals surface area contributed by atoms with Crippen molar-refractivity contribution in [3.05, 3.63) is 47.3 Å². The molecule has 1 amide bonds. The number of halogens is 1. The maximum absolute atomic E-state index is 12.1. The van der Waals surface area contributed by atoms with Crippen molar-refractivity contribution >= 4 is 39.3 Å². The second kappa shape index (κ2) is 5.37. The number of aromatic nitrogens is 1. The van der Waals surface area contributed by atoms with Crippen molar-refractivity contribution in [3.63, 3.8) is 0 Å². The zero-order chi connectivity index (χ0) is 13.1. The van der Waals surface area contributed by atoms with E-state index in [0.717, 1.165) is 20.2 Å². The summed E-state index contributed by atoms with van der Waals surface area (Å²) in [7, 11) is 0. The number of amides is 1. The Morgan fingerprint density at radius 2 is 2.22 bits per heavy atom. The lowest BCUT2D eigenvalue weighted by Crippen LogP contribution is -2.37. The van der Waals surface area contributed by atoms with Gasteiger partial charge in [-0.05, 0) is 23.7 Å². The van der Waals surface area contributed by atoms with Crippen LogP contribution in [0.1, 0.15) is 0 Å². The first-order valence-electron chi connectivity index (χ1n) is 5.26. The van der Waals surface area contributed by atoms with Crippen LogP contribution in [0.2, 0.25) is 0 Å². The Morgan fingerprint density at radius 1 is 1.50 bits per heavy atom. The summed E-state index contributed by atoms with van der Waals surface area (Å²) in [6.07, 6.45) is 1.57. The predicted octanol–water partition coefficient (Wildman–Crippen LogP) is 2.72. The summed E-state index contributed by atoms with van der Waals surface area (Å²) in [5.74, 6) is 0. The zero-order valence-electron chi connectivity index (χ0n) is 9.51. The Balaban J connectivity index is 2.47. The van der Waals surface area contributed by atoms with E-state index in [4.69, 9.17) is 11.6 Å². The van der Waals surface area contributed by atoms with Gasteiger partial charge in [-0.15, -0.1) is 18.2 Å². The van der Waals surface area contributed by atoms with Gasteiger partial charge in [0.25, 0.3) is 5.56 Å². The third-order valence-corrected chi connectivity index (χ3v) is 3.78. The molecule has 0 saturated carbocycles. The topological polar surface area (TPSA) is 42.3 Å². The van der Waals surface area contributed by atoms with Gasteiger partial charge in [0, 0.05) is 6.54 Å². The molecule has 2 rings (SSSR count). The molecule has 0 N–H and O–H groups in total. The van der Waals surface area contributed by atoms with Crippen molar-refractivity contribution in [1.82, 2.24) is 8.86 Å². The molecular formula is C12H11ClN2O2S. The van der Waals surface area contributed by atoms with Crippen LogP contribution in [0, 0.1) is 0 Å². The lowest BCUT2D eigenvalue weighted by atomic mass is 10.3. The Kier molecular flexibility index (Phi) is 3.84. The minimum absolute atomic E-state index is 0.0194. The number of hydrogen-bond donors (Lipinski definition) is 0. The molecule has 2 aromatic rings. The molecule has 94 valence electrons. The summed E-state index contributed by atoms with van der Waals surface area (Å²) in [5.41, 5.74) is -0.306.